The van der Waals surface area contributed by atoms with Gasteiger partial charge < -0.3 is 15.2 Å². The number of ether oxygens (including phenoxy) is 1. The Morgan fingerprint density at radius 1 is 1.40 bits per heavy atom. The molecular weight excluding hydrogens is 258 g/mol. The van der Waals surface area contributed by atoms with Crippen molar-refractivity contribution in [2.75, 3.05) is 13.7 Å². The van der Waals surface area contributed by atoms with Gasteiger partial charge in [-0.15, -0.1) is 0 Å². The molecule has 0 saturated heterocycles. The highest BCUT2D eigenvalue weighted by Crippen LogP contribution is 2.45. The molecule has 0 atom stereocenters. The topological polar surface area (TPSA) is 75.6 Å². The van der Waals surface area contributed by atoms with Crippen molar-refractivity contribution >= 4 is 11.9 Å². The molecule has 1 aromatic rings. The van der Waals surface area contributed by atoms with Crippen LogP contribution >= 0.6 is 0 Å². The molecule has 0 heterocycles. The number of carbonyl (C=O) groups excluding carboxylic acids is 1. The van der Waals surface area contributed by atoms with Crippen LogP contribution in [0.5, 0.6) is 5.75 Å². The Hall–Kier alpha value is -2.04. The van der Waals surface area contributed by atoms with Crippen LogP contribution in [0.3, 0.4) is 0 Å². The van der Waals surface area contributed by atoms with E-state index in [2.05, 4.69) is 5.32 Å². The normalized spacial score (nSPS) is 15.5. The van der Waals surface area contributed by atoms with Gasteiger partial charge in [0.15, 0.2) is 0 Å². The van der Waals surface area contributed by atoms with E-state index in [-0.39, 0.29) is 18.9 Å². The molecule has 1 saturated carbocycles. The standard InChI is InChI=1S/C15H19NO4/c1-10-3-4-12(20-2)11(7-10)8-13(17)16-9-15(5-6-15)14(18)19/h3-4,7H,5-6,8-9H2,1-2H3,(H,16,17)(H,18,19). The summed E-state index contributed by atoms with van der Waals surface area (Å²) in [5.41, 5.74) is 1.13. The number of hydrogen-bond donors (Lipinski definition) is 2. The van der Waals surface area contributed by atoms with Crippen LogP contribution in [0.2, 0.25) is 0 Å². The molecule has 2 N–H and O–H groups in total. The highest BCUT2D eigenvalue weighted by Gasteiger charge is 2.50. The number of carboxylic acids is 1. The number of amides is 1. The van der Waals surface area contributed by atoms with Crippen molar-refractivity contribution in [1.82, 2.24) is 5.32 Å². The van der Waals surface area contributed by atoms with Gasteiger partial charge in [0.1, 0.15) is 5.75 Å². The molecular formula is C15H19NO4. The zero-order valence-corrected chi connectivity index (χ0v) is 11.7. The summed E-state index contributed by atoms with van der Waals surface area (Å²) in [5, 5.41) is 11.8. The molecule has 1 aromatic carbocycles. The Bertz CT molecular complexity index is 535. The average Bonchev–Trinajstić information content (AvgIpc) is 3.18. The number of carboxylic acid groups (broad SMARTS) is 1. The SMILES string of the molecule is COc1ccc(C)cc1CC(=O)NCC1(C(=O)O)CC1. The number of methoxy groups -OCH3 is 1. The molecule has 1 aliphatic rings. The Labute approximate surface area is 117 Å². The van der Waals surface area contributed by atoms with Crippen LogP contribution in [0.15, 0.2) is 18.2 Å². The van der Waals surface area contributed by atoms with Crippen LogP contribution in [0.25, 0.3) is 0 Å². The maximum Gasteiger partial charge on any atom is 0.311 e. The van der Waals surface area contributed by atoms with E-state index in [0.717, 1.165) is 11.1 Å². The highest BCUT2D eigenvalue weighted by molar-refractivity contribution is 5.82. The summed E-state index contributed by atoms with van der Waals surface area (Å²) in [5.74, 6) is -0.336. The van der Waals surface area contributed by atoms with E-state index in [1.165, 1.54) is 0 Å². The summed E-state index contributed by atoms with van der Waals surface area (Å²) < 4.78 is 5.22. The maximum absolute atomic E-state index is 11.9. The van der Waals surface area contributed by atoms with Crippen LogP contribution in [0.4, 0.5) is 0 Å². The number of nitrogens with one attached hydrogen (secondary N) is 1. The summed E-state index contributed by atoms with van der Waals surface area (Å²) in [4.78, 5) is 23.0. The van der Waals surface area contributed by atoms with Gasteiger partial charge in [0.05, 0.1) is 18.9 Å². The van der Waals surface area contributed by atoms with E-state index < -0.39 is 11.4 Å². The van der Waals surface area contributed by atoms with Crippen LogP contribution in [-0.2, 0) is 16.0 Å². The lowest BCUT2D eigenvalue weighted by Crippen LogP contribution is -2.35. The van der Waals surface area contributed by atoms with Crippen LogP contribution < -0.4 is 10.1 Å². The van der Waals surface area contributed by atoms with Crippen LogP contribution in [0.1, 0.15) is 24.0 Å². The van der Waals surface area contributed by atoms with Crippen molar-refractivity contribution in [1.29, 1.82) is 0 Å². The monoisotopic (exact) mass is 277 g/mol. The molecule has 0 unspecified atom stereocenters. The van der Waals surface area contributed by atoms with E-state index in [1.807, 2.05) is 25.1 Å². The van der Waals surface area contributed by atoms with Crippen molar-refractivity contribution in [3.63, 3.8) is 0 Å². The van der Waals surface area contributed by atoms with Gasteiger partial charge in [0.25, 0.3) is 0 Å². The van der Waals surface area contributed by atoms with Crippen LogP contribution in [-0.4, -0.2) is 30.6 Å². The first kappa shape index (κ1) is 14.4. The minimum absolute atomic E-state index is 0.179. The quantitative estimate of drug-likeness (QED) is 0.826. The fourth-order valence-electron chi connectivity index (χ4n) is 2.17. The van der Waals surface area contributed by atoms with E-state index in [9.17, 15) is 9.59 Å². The van der Waals surface area contributed by atoms with Crippen molar-refractivity contribution in [3.8, 4) is 5.75 Å². The van der Waals surface area contributed by atoms with Gasteiger partial charge in [0, 0.05) is 12.1 Å². The fraction of sp³-hybridized carbons (Fsp3) is 0.467. The first-order valence-corrected chi connectivity index (χ1v) is 6.60. The third kappa shape index (κ3) is 3.10. The van der Waals surface area contributed by atoms with E-state index in [4.69, 9.17) is 9.84 Å². The molecule has 20 heavy (non-hydrogen) atoms. The summed E-state index contributed by atoms with van der Waals surface area (Å²) in [7, 11) is 1.57. The number of rotatable bonds is 6. The fourth-order valence-corrected chi connectivity index (χ4v) is 2.17. The summed E-state index contributed by atoms with van der Waals surface area (Å²) in [6.07, 6.45) is 1.47. The molecule has 0 bridgehead atoms. The van der Waals surface area contributed by atoms with E-state index in [1.54, 1.807) is 7.11 Å². The van der Waals surface area contributed by atoms with Gasteiger partial charge in [-0.3, -0.25) is 9.59 Å². The average molecular weight is 277 g/mol. The van der Waals surface area contributed by atoms with Crippen LogP contribution in [0, 0.1) is 12.3 Å². The molecule has 1 fully saturated rings. The molecule has 0 radical (unpaired) electrons. The molecule has 108 valence electrons. The summed E-state index contributed by atoms with van der Waals surface area (Å²) in [6, 6.07) is 5.66. The number of benzene rings is 1. The molecule has 0 spiro atoms. The van der Waals surface area contributed by atoms with Crippen molar-refractivity contribution in [2.24, 2.45) is 5.41 Å². The lowest BCUT2D eigenvalue weighted by Gasteiger charge is -2.13. The Morgan fingerprint density at radius 2 is 2.10 bits per heavy atom. The van der Waals surface area contributed by atoms with Gasteiger partial charge in [-0.25, -0.2) is 0 Å². The Kier molecular flexibility index (Phi) is 3.97. The molecule has 2 rings (SSSR count). The first-order chi connectivity index (χ1) is 9.47. The van der Waals surface area contributed by atoms with E-state index in [0.29, 0.717) is 18.6 Å². The highest BCUT2D eigenvalue weighted by atomic mass is 16.5. The molecule has 5 heteroatoms. The van der Waals surface area contributed by atoms with Gasteiger partial charge in [-0.1, -0.05) is 17.7 Å². The number of hydrogen-bond acceptors (Lipinski definition) is 3. The number of aryl methyl sites for hydroxylation is 1. The predicted molar refractivity (Wildman–Crippen MR) is 73.7 cm³/mol. The maximum atomic E-state index is 11.9. The minimum Gasteiger partial charge on any atom is -0.496 e. The first-order valence-electron chi connectivity index (χ1n) is 6.60. The second-order valence-electron chi connectivity index (χ2n) is 5.35. The largest absolute Gasteiger partial charge is 0.496 e. The van der Waals surface area contributed by atoms with Crippen molar-refractivity contribution in [3.05, 3.63) is 29.3 Å². The van der Waals surface area contributed by atoms with Crippen molar-refractivity contribution < 1.29 is 19.4 Å². The van der Waals surface area contributed by atoms with Gasteiger partial charge in [-0.05, 0) is 25.8 Å². The number of aliphatic carboxylic acids is 1. The molecule has 1 aliphatic carbocycles. The summed E-state index contributed by atoms with van der Waals surface area (Å²) >= 11 is 0. The molecule has 1 amide bonds. The Morgan fingerprint density at radius 3 is 2.65 bits per heavy atom. The zero-order chi connectivity index (χ0) is 14.8. The third-order valence-corrected chi connectivity index (χ3v) is 3.72. The van der Waals surface area contributed by atoms with Crippen molar-refractivity contribution in [2.45, 2.75) is 26.2 Å². The predicted octanol–water partition coefficient (Wildman–Crippen LogP) is 1.53. The lowest BCUT2D eigenvalue weighted by molar-refractivity contribution is -0.143. The van der Waals surface area contributed by atoms with Gasteiger partial charge >= 0.3 is 5.97 Å². The van der Waals surface area contributed by atoms with E-state index >= 15 is 0 Å². The molecule has 5 nitrogen and oxygen atoms in total. The third-order valence-electron chi connectivity index (χ3n) is 3.72. The minimum atomic E-state index is -0.828. The second-order valence-corrected chi connectivity index (χ2v) is 5.35. The number of carbonyl (C=O) groups is 2. The van der Waals surface area contributed by atoms with Gasteiger partial charge in [-0.2, -0.15) is 0 Å². The smallest absolute Gasteiger partial charge is 0.311 e. The summed E-state index contributed by atoms with van der Waals surface area (Å²) in [6.45, 7) is 2.15. The zero-order valence-electron chi connectivity index (χ0n) is 11.7. The Balaban J connectivity index is 1.95. The molecule has 0 aromatic heterocycles. The second kappa shape index (κ2) is 5.53. The molecule has 0 aliphatic heterocycles. The lowest BCUT2D eigenvalue weighted by atomic mass is 10.1. The van der Waals surface area contributed by atoms with Gasteiger partial charge in [0.2, 0.25) is 5.91 Å².